The Balaban J connectivity index is 1.93. The maximum absolute atomic E-state index is 13.5. The summed E-state index contributed by atoms with van der Waals surface area (Å²) in [5, 5.41) is 2.95. The average Bonchev–Trinajstić information content (AvgIpc) is 2.52. The quantitative estimate of drug-likeness (QED) is 0.780. The van der Waals surface area contributed by atoms with Gasteiger partial charge in [-0.1, -0.05) is 36.8 Å². The number of thioether (sulfide) groups is 1. The van der Waals surface area contributed by atoms with Crippen LogP contribution in [0.4, 0.5) is 8.78 Å². The number of hydrogen-bond acceptors (Lipinski definition) is 2. The molecule has 0 bridgehead atoms. The third-order valence-corrected chi connectivity index (χ3v) is 4.52. The van der Waals surface area contributed by atoms with Gasteiger partial charge in [-0.2, -0.15) is 0 Å². The van der Waals surface area contributed by atoms with E-state index in [1.165, 1.54) is 12.1 Å². The van der Waals surface area contributed by atoms with Crippen molar-refractivity contribution in [1.29, 1.82) is 0 Å². The van der Waals surface area contributed by atoms with Gasteiger partial charge in [-0.25, -0.2) is 8.78 Å². The second-order valence-corrected chi connectivity index (χ2v) is 6.32. The Morgan fingerprint density at radius 2 is 1.87 bits per heavy atom. The predicted octanol–water partition coefficient (Wildman–Crippen LogP) is 4.63. The highest BCUT2D eigenvalue weighted by Crippen LogP contribution is 2.23. The van der Waals surface area contributed by atoms with Gasteiger partial charge in [0.25, 0.3) is 0 Å². The molecule has 0 aliphatic carbocycles. The molecule has 2 nitrogen and oxygen atoms in total. The molecule has 5 heteroatoms. The van der Waals surface area contributed by atoms with Crippen LogP contribution in [0.25, 0.3) is 0 Å². The van der Waals surface area contributed by atoms with Crippen LogP contribution in [0.3, 0.4) is 0 Å². The normalized spacial score (nSPS) is 12.0. The van der Waals surface area contributed by atoms with E-state index in [9.17, 15) is 13.6 Å². The molecule has 23 heavy (non-hydrogen) atoms. The molecule has 0 spiro atoms. The fraction of sp³-hybridized carbons (Fsp3) is 0.278. The van der Waals surface area contributed by atoms with E-state index in [0.717, 1.165) is 35.4 Å². The molecule has 0 aliphatic heterocycles. The molecule has 1 atom stereocenters. The first-order chi connectivity index (χ1) is 11.0. The van der Waals surface area contributed by atoms with Crippen molar-refractivity contribution in [2.24, 2.45) is 0 Å². The van der Waals surface area contributed by atoms with Crippen molar-refractivity contribution in [3.8, 4) is 0 Å². The third-order valence-electron chi connectivity index (χ3n) is 3.48. The van der Waals surface area contributed by atoms with Crippen molar-refractivity contribution < 1.29 is 13.6 Å². The lowest BCUT2D eigenvalue weighted by atomic mass is 10.0. The molecule has 1 amide bonds. The molecule has 0 aliphatic rings. The highest BCUT2D eigenvalue weighted by molar-refractivity contribution is 8.00. The van der Waals surface area contributed by atoms with Crippen LogP contribution < -0.4 is 5.32 Å². The third kappa shape index (κ3) is 5.06. The Morgan fingerprint density at radius 1 is 1.17 bits per heavy atom. The summed E-state index contributed by atoms with van der Waals surface area (Å²) in [5.74, 6) is -1.36. The van der Waals surface area contributed by atoms with Crippen LogP contribution in [-0.2, 0) is 4.79 Å². The van der Waals surface area contributed by atoms with Gasteiger partial charge in [-0.05, 0) is 31.0 Å². The fourth-order valence-electron chi connectivity index (χ4n) is 2.19. The molecule has 0 heterocycles. The van der Waals surface area contributed by atoms with Gasteiger partial charge in [-0.3, -0.25) is 4.79 Å². The van der Waals surface area contributed by atoms with Gasteiger partial charge in [0.15, 0.2) is 0 Å². The number of hydrogen-bond donors (Lipinski definition) is 1. The van der Waals surface area contributed by atoms with Crippen LogP contribution in [0.2, 0.25) is 0 Å². The van der Waals surface area contributed by atoms with Crippen molar-refractivity contribution in [2.75, 3.05) is 5.75 Å². The Bertz CT molecular complexity index is 673. The van der Waals surface area contributed by atoms with E-state index < -0.39 is 11.6 Å². The van der Waals surface area contributed by atoms with E-state index in [0.29, 0.717) is 0 Å². The monoisotopic (exact) mass is 335 g/mol. The average molecular weight is 335 g/mol. The molecule has 122 valence electrons. The van der Waals surface area contributed by atoms with Crippen LogP contribution >= 0.6 is 11.8 Å². The summed E-state index contributed by atoms with van der Waals surface area (Å²) in [6, 6.07) is 11.3. The fourth-order valence-corrected chi connectivity index (χ4v) is 2.92. The van der Waals surface area contributed by atoms with Crippen LogP contribution in [0.1, 0.15) is 30.5 Å². The van der Waals surface area contributed by atoms with Gasteiger partial charge >= 0.3 is 0 Å². The number of carbonyl (C=O) groups excluding carboxylic acids is 1. The lowest BCUT2D eigenvalue weighted by molar-refractivity contribution is -0.119. The van der Waals surface area contributed by atoms with Crippen molar-refractivity contribution >= 4 is 17.7 Å². The Hall–Kier alpha value is -1.88. The maximum Gasteiger partial charge on any atom is 0.230 e. The van der Waals surface area contributed by atoms with E-state index in [-0.39, 0.29) is 22.6 Å². The van der Waals surface area contributed by atoms with E-state index in [2.05, 4.69) is 5.32 Å². The number of benzene rings is 2. The molecule has 1 N–H and O–H groups in total. The SMILES string of the molecule is CC[C@@H](NC(=O)CSc1ccc(F)cc1F)c1ccc(C)cc1. The van der Waals surface area contributed by atoms with Gasteiger partial charge in [0, 0.05) is 11.0 Å². The first kappa shape index (κ1) is 17.5. The lowest BCUT2D eigenvalue weighted by Crippen LogP contribution is -2.29. The minimum Gasteiger partial charge on any atom is -0.349 e. The van der Waals surface area contributed by atoms with Gasteiger partial charge in [0.1, 0.15) is 11.6 Å². The van der Waals surface area contributed by atoms with Gasteiger partial charge in [-0.15, -0.1) is 11.8 Å². The number of nitrogens with one attached hydrogen (secondary N) is 1. The summed E-state index contributed by atoms with van der Waals surface area (Å²) >= 11 is 1.06. The zero-order valence-electron chi connectivity index (χ0n) is 13.1. The minimum absolute atomic E-state index is 0.0678. The molecule has 0 unspecified atom stereocenters. The lowest BCUT2D eigenvalue weighted by Gasteiger charge is -2.17. The van der Waals surface area contributed by atoms with Crippen molar-refractivity contribution in [3.05, 3.63) is 65.2 Å². The van der Waals surface area contributed by atoms with E-state index in [1.54, 1.807) is 0 Å². The summed E-state index contributed by atoms with van der Waals surface area (Å²) in [6.07, 6.45) is 0.768. The second kappa shape index (κ2) is 8.11. The van der Waals surface area contributed by atoms with Crippen LogP contribution in [0.15, 0.2) is 47.4 Å². The topological polar surface area (TPSA) is 29.1 Å². The highest BCUT2D eigenvalue weighted by atomic mass is 32.2. The summed E-state index contributed by atoms with van der Waals surface area (Å²) in [7, 11) is 0. The van der Waals surface area contributed by atoms with Crippen molar-refractivity contribution in [3.63, 3.8) is 0 Å². The zero-order chi connectivity index (χ0) is 16.8. The Morgan fingerprint density at radius 3 is 2.48 bits per heavy atom. The summed E-state index contributed by atoms with van der Waals surface area (Å²) < 4.78 is 26.4. The number of halogens is 2. The molecule has 2 rings (SSSR count). The molecule has 0 saturated carbocycles. The zero-order valence-corrected chi connectivity index (χ0v) is 13.9. The van der Waals surface area contributed by atoms with Gasteiger partial charge in [0.05, 0.1) is 11.8 Å². The Labute approximate surface area is 139 Å². The maximum atomic E-state index is 13.5. The Kier molecular flexibility index (Phi) is 6.16. The summed E-state index contributed by atoms with van der Waals surface area (Å²) in [4.78, 5) is 12.3. The predicted molar refractivity (Wildman–Crippen MR) is 89.4 cm³/mol. The van der Waals surface area contributed by atoms with Crippen LogP contribution in [-0.4, -0.2) is 11.7 Å². The highest BCUT2D eigenvalue weighted by Gasteiger charge is 2.14. The smallest absolute Gasteiger partial charge is 0.230 e. The molecule has 2 aromatic rings. The number of amides is 1. The number of aryl methyl sites for hydroxylation is 1. The van der Waals surface area contributed by atoms with E-state index in [4.69, 9.17) is 0 Å². The minimum atomic E-state index is -0.645. The first-order valence-electron chi connectivity index (χ1n) is 7.43. The summed E-state index contributed by atoms with van der Waals surface area (Å²) in [5.41, 5.74) is 2.21. The van der Waals surface area contributed by atoms with E-state index in [1.807, 2.05) is 38.1 Å². The van der Waals surface area contributed by atoms with Crippen LogP contribution in [0, 0.1) is 18.6 Å². The first-order valence-corrected chi connectivity index (χ1v) is 8.42. The molecular formula is C18H19F2NOS. The largest absolute Gasteiger partial charge is 0.349 e. The number of rotatable bonds is 6. The molecule has 0 aromatic heterocycles. The standard InChI is InChI=1S/C18H19F2NOS/c1-3-16(13-6-4-12(2)5-7-13)21-18(22)11-23-17-9-8-14(19)10-15(17)20/h4-10,16H,3,11H2,1-2H3,(H,21,22)/t16-/m1/s1. The molecule has 0 radical (unpaired) electrons. The van der Waals surface area contributed by atoms with E-state index >= 15 is 0 Å². The van der Waals surface area contributed by atoms with Gasteiger partial charge < -0.3 is 5.32 Å². The summed E-state index contributed by atoms with van der Waals surface area (Å²) in [6.45, 7) is 4.01. The second-order valence-electron chi connectivity index (χ2n) is 5.30. The van der Waals surface area contributed by atoms with Gasteiger partial charge in [0.2, 0.25) is 5.91 Å². The molecular weight excluding hydrogens is 316 g/mol. The molecule has 2 aromatic carbocycles. The molecule has 0 saturated heterocycles. The van der Waals surface area contributed by atoms with Crippen LogP contribution in [0.5, 0.6) is 0 Å². The van der Waals surface area contributed by atoms with Crippen molar-refractivity contribution in [1.82, 2.24) is 5.32 Å². The van der Waals surface area contributed by atoms with Crippen molar-refractivity contribution in [2.45, 2.75) is 31.2 Å². The number of carbonyl (C=O) groups is 1. The molecule has 0 fully saturated rings.